The zero-order valence-corrected chi connectivity index (χ0v) is 18.2. The van der Waals surface area contributed by atoms with E-state index in [9.17, 15) is 9.59 Å². The van der Waals surface area contributed by atoms with Crippen LogP contribution in [-0.2, 0) is 0 Å². The van der Waals surface area contributed by atoms with Crippen LogP contribution in [0.2, 0.25) is 0 Å². The van der Waals surface area contributed by atoms with Gasteiger partial charge in [0.2, 0.25) is 0 Å². The molecule has 0 aliphatic heterocycles. The van der Waals surface area contributed by atoms with Crippen LogP contribution in [0.4, 0.5) is 0 Å². The molecule has 0 aliphatic carbocycles. The van der Waals surface area contributed by atoms with Crippen molar-refractivity contribution in [1.29, 1.82) is 0 Å². The summed E-state index contributed by atoms with van der Waals surface area (Å²) < 4.78 is 11.0. The molecule has 1 amide bonds. The standard InChI is InChI=1S/C26H26N2O4/c1-3-4-17-31-23-15-11-22(12-16-23)26(30)32-24-13-7-20(8-14-24)18-27-28-25(29)21-9-5-19(2)6-10-21/h5-16,18H,3-4,17H2,1-2H3,(H,28,29). The van der Waals surface area contributed by atoms with Crippen LogP contribution in [0.5, 0.6) is 11.5 Å². The molecule has 1 N–H and O–H groups in total. The molecular formula is C26H26N2O4. The maximum absolute atomic E-state index is 12.3. The molecule has 0 aliphatic rings. The van der Waals surface area contributed by atoms with Gasteiger partial charge >= 0.3 is 5.97 Å². The SMILES string of the molecule is CCCCOc1ccc(C(=O)Oc2ccc(C=NNC(=O)c3ccc(C)cc3)cc2)cc1. The van der Waals surface area contributed by atoms with E-state index in [0.717, 1.165) is 29.7 Å². The first kappa shape index (κ1) is 22.7. The van der Waals surface area contributed by atoms with E-state index in [2.05, 4.69) is 17.5 Å². The number of hydrazone groups is 1. The summed E-state index contributed by atoms with van der Waals surface area (Å²) in [7, 11) is 0. The quantitative estimate of drug-likeness (QED) is 0.167. The number of hydrogen-bond acceptors (Lipinski definition) is 5. The first-order valence-electron chi connectivity index (χ1n) is 10.5. The van der Waals surface area contributed by atoms with E-state index in [4.69, 9.17) is 9.47 Å². The van der Waals surface area contributed by atoms with Crippen LogP contribution in [0.1, 0.15) is 51.6 Å². The van der Waals surface area contributed by atoms with E-state index in [1.54, 1.807) is 60.7 Å². The van der Waals surface area contributed by atoms with Gasteiger partial charge in [0.1, 0.15) is 11.5 Å². The molecule has 0 saturated heterocycles. The molecule has 3 rings (SSSR count). The second kappa shape index (κ2) is 11.5. The monoisotopic (exact) mass is 430 g/mol. The predicted octanol–water partition coefficient (Wildman–Crippen LogP) is 5.16. The highest BCUT2D eigenvalue weighted by molar-refractivity contribution is 5.95. The second-order valence-corrected chi connectivity index (χ2v) is 7.25. The molecule has 6 heteroatoms. The molecule has 164 valence electrons. The topological polar surface area (TPSA) is 77.0 Å². The van der Waals surface area contributed by atoms with Crippen molar-refractivity contribution in [2.24, 2.45) is 5.10 Å². The highest BCUT2D eigenvalue weighted by Gasteiger charge is 2.09. The number of ether oxygens (including phenoxy) is 2. The van der Waals surface area contributed by atoms with Crippen molar-refractivity contribution in [2.45, 2.75) is 26.7 Å². The van der Waals surface area contributed by atoms with Gasteiger partial charge in [-0.05, 0) is 79.6 Å². The third-order valence-corrected chi connectivity index (χ3v) is 4.64. The Kier molecular flexibility index (Phi) is 8.15. The number of hydrogen-bond donors (Lipinski definition) is 1. The predicted molar refractivity (Wildman–Crippen MR) is 124 cm³/mol. The molecule has 0 radical (unpaired) electrons. The van der Waals surface area contributed by atoms with E-state index in [-0.39, 0.29) is 5.91 Å². The van der Waals surface area contributed by atoms with Gasteiger partial charge in [-0.15, -0.1) is 0 Å². The molecule has 6 nitrogen and oxygen atoms in total. The average molecular weight is 431 g/mol. The van der Waals surface area contributed by atoms with Crippen molar-refractivity contribution >= 4 is 18.1 Å². The fourth-order valence-corrected chi connectivity index (χ4v) is 2.74. The van der Waals surface area contributed by atoms with Gasteiger partial charge < -0.3 is 9.47 Å². The number of unbranched alkanes of at least 4 members (excludes halogenated alkanes) is 1. The Labute approximate surface area is 187 Å². The lowest BCUT2D eigenvalue weighted by Gasteiger charge is -2.07. The van der Waals surface area contributed by atoms with Crippen molar-refractivity contribution in [3.05, 3.63) is 95.1 Å². The summed E-state index contributed by atoms with van der Waals surface area (Å²) in [5, 5.41) is 3.97. The summed E-state index contributed by atoms with van der Waals surface area (Å²) >= 11 is 0. The number of aryl methyl sites for hydroxylation is 1. The Morgan fingerprint density at radius 2 is 1.50 bits per heavy atom. The van der Waals surface area contributed by atoms with E-state index in [1.165, 1.54) is 6.21 Å². The maximum atomic E-state index is 12.3. The summed E-state index contributed by atoms with van der Waals surface area (Å²) in [6.45, 7) is 4.72. The number of nitrogens with zero attached hydrogens (tertiary/aromatic N) is 1. The number of nitrogens with one attached hydrogen (secondary N) is 1. The van der Waals surface area contributed by atoms with E-state index in [0.29, 0.717) is 23.5 Å². The van der Waals surface area contributed by atoms with Crippen molar-refractivity contribution in [2.75, 3.05) is 6.61 Å². The average Bonchev–Trinajstić information content (AvgIpc) is 2.81. The minimum atomic E-state index is -0.447. The molecule has 3 aromatic carbocycles. The third-order valence-electron chi connectivity index (χ3n) is 4.64. The first-order valence-corrected chi connectivity index (χ1v) is 10.5. The molecule has 0 bridgehead atoms. The normalized spacial score (nSPS) is 10.7. The van der Waals surface area contributed by atoms with Crippen LogP contribution >= 0.6 is 0 Å². The largest absolute Gasteiger partial charge is 0.494 e. The summed E-state index contributed by atoms with van der Waals surface area (Å²) in [4.78, 5) is 24.4. The highest BCUT2D eigenvalue weighted by atomic mass is 16.5. The van der Waals surface area contributed by atoms with E-state index >= 15 is 0 Å². The summed E-state index contributed by atoms with van der Waals surface area (Å²) in [6.07, 6.45) is 3.58. The Morgan fingerprint density at radius 3 is 2.16 bits per heavy atom. The van der Waals surface area contributed by atoms with Crippen LogP contribution in [0.15, 0.2) is 77.9 Å². The first-order chi connectivity index (χ1) is 15.5. The van der Waals surface area contributed by atoms with Gasteiger partial charge in [0, 0.05) is 5.56 Å². The van der Waals surface area contributed by atoms with Crippen LogP contribution in [0.25, 0.3) is 0 Å². The van der Waals surface area contributed by atoms with Crippen LogP contribution < -0.4 is 14.9 Å². The molecule has 0 saturated carbocycles. The zero-order chi connectivity index (χ0) is 22.8. The molecular weight excluding hydrogens is 404 g/mol. The Balaban J connectivity index is 1.50. The number of carbonyl (C=O) groups excluding carboxylic acids is 2. The molecule has 0 spiro atoms. The lowest BCUT2D eigenvalue weighted by Crippen LogP contribution is -2.17. The maximum Gasteiger partial charge on any atom is 0.343 e. The zero-order valence-electron chi connectivity index (χ0n) is 18.2. The Bertz CT molecular complexity index is 1060. The van der Waals surface area contributed by atoms with Crippen molar-refractivity contribution < 1.29 is 19.1 Å². The molecule has 0 atom stereocenters. The lowest BCUT2D eigenvalue weighted by molar-refractivity contribution is 0.0734. The van der Waals surface area contributed by atoms with Crippen LogP contribution in [-0.4, -0.2) is 24.7 Å². The second-order valence-electron chi connectivity index (χ2n) is 7.25. The Hall–Kier alpha value is -3.93. The minimum Gasteiger partial charge on any atom is -0.494 e. The van der Waals surface area contributed by atoms with Crippen LogP contribution in [0.3, 0.4) is 0 Å². The minimum absolute atomic E-state index is 0.284. The fourth-order valence-electron chi connectivity index (χ4n) is 2.74. The fraction of sp³-hybridized carbons (Fsp3) is 0.192. The highest BCUT2D eigenvalue weighted by Crippen LogP contribution is 2.16. The van der Waals surface area contributed by atoms with Crippen molar-refractivity contribution in [3.8, 4) is 11.5 Å². The smallest absolute Gasteiger partial charge is 0.343 e. The third kappa shape index (κ3) is 6.80. The lowest BCUT2D eigenvalue weighted by atomic mass is 10.1. The molecule has 0 heterocycles. The molecule has 3 aromatic rings. The van der Waals surface area contributed by atoms with Gasteiger partial charge in [-0.25, -0.2) is 10.2 Å². The van der Waals surface area contributed by atoms with Gasteiger partial charge in [0.15, 0.2) is 0 Å². The van der Waals surface area contributed by atoms with Gasteiger partial charge in [-0.3, -0.25) is 4.79 Å². The number of benzene rings is 3. The van der Waals surface area contributed by atoms with Gasteiger partial charge in [-0.1, -0.05) is 31.0 Å². The summed E-state index contributed by atoms with van der Waals surface area (Å²) in [6, 6.07) is 20.9. The summed E-state index contributed by atoms with van der Waals surface area (Å²) in [5.41, 5.74) is 5.31. The van der Waals surface area contributed by atoms with E-state index < -0.39 is 5.97 Å². The van der Waals surface area contributed by atoms with Crippen molar-refractivity contribution in [3.63, 3.8) is 0 Å². The molecule has 32 heavy (non-hydrogen) atoms. The number of rotatable bonds is 9. The number of esters is 1. The van der Waals surface area contributed by atoms with Gasteiger partial charge in [0.25, 0.3) is 5.91 Å². The van der Waals surface area contributed by atoms with E-state index in [1.807, 2.05) is 19.1 Å². The van der Waals surface area contributed by atoms with Crippen LogP contribution in [0, 0.1) is 6.92 Å². The molecule has 0 aromatic heterocycles. The molecule has 0 unspecified atom stereocenters. The number of carbonyl (C=O) groups is 2. The Morgan fingerprint density at radius 1 is 0.875 bits per heavy atom. The van der Waals surface area contributed by atoms with Gasteiger partial charge in [-0.2, -0.15) is 5.10 Å². The van der Waals surface area contributed by atoms with Gasteiger partial charge in [0.05, 0.1) is 18.4 Å². The van der Waals surface area contributed by atoms with Crippen molar-refractivity contribution in [1.82, 2.24) is 5.43 Å². The molecule has 0 fully saturated rings. The number of amides is 1. The summed E-state index contributed by atoms with van der Waals surface area (Å²) in [5.74, 6) is 0.415.